The van der Waals surface area contributed by atoms with E-state index in [4.69, 9.17) is 10.5 Å². The van der Waals surface area contributed by atoms with Crippen LogP contribution in [0.4, 0.5) is 0 Å². The van der Waals surface area contributed by atoms with Crippen LogP contribution in [0, 0.1) is 0 Å². The summed E-state index contributed by atoms with van der Waals surface area (Å²) in [6, 6.07) is 0.0788. The first-order valence-corrected chi connectivity index (χ1v) is 7.24. The lowest BCUT2D eigenvalue weighted by Crippen LogP contribution is -2.49. The predicted octanol–water partition coefficient (Wildman–Crippen LogP) is 0.162. The molecule has 1 aromatic rings. The molecule has 0 bridgehead atoms. The van der Waals surface area contributed by atoms with Gasteiger partial charge in [0.15, 0.2) is 0 Å². The fourth-order valence-corrected chi connectivity index (χ4v) is 2.88. The van der Waals surface area contributed by atoms with Crippen molar-refractivity contribution in [2.24, 2.45) is 5.73 Å². The first-order valence-electron chi connectivity index (χ1n) is 7.24. The van der Waals surface area contributed by atoms with E-state index in [1.807, 2.05) is 6.92 Å². The molecule has 2 aliphatic heterocycles. The summed E-state index contributed by atoms with van der Waals surface area (Å²) in [6.07, 6.45) is 3.68. The number of fused-ring (bicyclic) bond motifs is 1. The third-order valence-electron chi connectivity index (χ3n) is 4.07. The fourth-order valence-electron chi connectivity index (χ4n) is 2.88. The van der Waals surface area contributed by atoms with Gasteiger partial charge in [0.2, 0.25) is 0 Å². The molecule has 106 valence electrons. The van der Waals surface area contributed by atoms with E-state index in [2.05, 4.69) is 19.7 Å². The Morgan fingerprint density at radius 2 is 2.26 bits per heavy atom. The van der Waals surface area contributed by atoms with Crippen LogP contribution in [0.5, 0.6) is 0 Å². The number of morpholine rings is 1. The van der Waals surface area contributed by atoms with Crippen molar-refractivity contribution < 1.29 is 4.74 Å². The van der Waals surface area contributed by atoms with Crippen molar-refractivity contribution in [2.75, 3.05) is 19.7 Å². The molecule has 0 spiro atoms. The van der Waals surface area contributed by atoms with E-state index < -0.39 is 0 Å². The van der Waals surface area contributed by atoms with Crippen molar-refractivity contribution in [1.29, 1.82) is 0 Å². The minimum Gasteiger partial charge on any atom is -0.374 e. The van der Waals surface area contributed by atoms with Gasteiger partial charge in [0.05, 0.1) is 19.3 Å². The Hall–Kier alpha value is -0.980. The van der Waals surface area contributed by atoms with Gasteiger partial charge in [-0.05, 0) is 19.8 Å². The maximum atomic E-state index is 5.93. The number of nitrogens with zero attached hydrogens (tertiary/aromatic N) is 4. The molecule has 6 nitrogen and oxygen atoms in total. The molecule has 0 saturated carbocycles. The largest absolute Gasteiger partial charge is 0.374 e. The predicted molar refractivity (Wildman–Crippen MR) is 71.6 cm³/mol. The Morgan fingerprint density at radius 1 is 1.37 bits per heavy atom. The lowest BCUT2D eigenvalue weighted by molar-refractivity contribution is -0.0413. The van der Waals surface area contributed by atoms with Gasteiger partial charge in [-0.3, -0.25) is 4.90 Å². The third kappa shape index (κ3) is 2.80. The zero-order chi connectivity index (χ0) is 13.2. The van der Waals surface area contributed by atoms with Crippen molar-refractivity contribution in [2.45, 2.75) is 51.4 Å². The molecule has 2 unspecified atom stereocenters. The van der Waals surface area contributed by atoms with E-state index in [0.29, 0.717) is 0 Å². The van der Waals surface area contributed by atoms with Gasteiger partial charge in [0.1, 0.15) is 11.6 Å². The Balaban J connectivity index is 1.66. The Kier molecular flexibility index (Phi) is 3.81. The summed E-state index contributed by atoms with van der Waals surface area (Å²) in [5.41, 5.74) is 5.93. The minimum absolute atomic E-state index is 0.0788. The Labute approximate surface area is 113 Å². The standard InChI is InChI=1S/C13H23N5O/c1-10(14)11-8-17(6-7-19-11)9-13-16-15-12-4-2-3-5-18(12)13/h10-11H,2-9,14H2,1H3. The molecule has 0 amide bonds. The lowest BCUT2D eigenvalue weighted by Gasteiger charge is -2.34. The molecule has 1 saturated heterocycles. The van der Waals surface area contributed by atoms with Crippen molar-refractivity contribution >= 4 is 0 Å². The fraction of sp³-hybridized carbons (Fsp3) is 0.846. The van der Waals surface area contributed by atoms with E-state index in [1.165, 1.54) is 12.8 Å². The molecule has 3 rings (SSSR count). The van der Waals surface area contributed by atoms with Gasteiger partial charge < -0.3 is 15.0 Å². The number of aromatic nitrogens is 3. The van der Waals surface area contributed by atoms with E-state index in [0.717, 1.165) is 50.9 Å². The highest BCUT2D eigenvalue weighted by atomic mass is 16.5. The Morgan fingerprint density at radius 3 is 3.11 bits per heavy atom. The highest BCUT2D eigenvalue weighted by molar-refractivity contribution is 4.99. The smallest absolute Gasteiger partial charge is 0.147 e. The minimum atomic E-state index is 0.0788. The average molecular weight is 265 g/mol. The van der Waals surface area contributed by atoms with Crippen molar-refractivity contribution in [3.8, 4) is 0 Å². The quantitative estimate of drug-likeness (QED) is 0.843. The van der Waals surface area contributed by atoms with Gasteiger partial charge in [-0.1, -0.05) is 0 Å². The molecule has 2 N–H and O–H groups in total. The first kappa shape index (κ1) is 13.0. The molecular weight excluding hydrogens is 242 g/mol. The molecule has 1 fully saturated rings. The summed E-state index contributed by atoms with van der Waals surface area (Å²) < 4.78 is 7.98. The maximum Gasteiger partial charge on any atom is 0.147 e. The SMILES string of the molecule is CC(N)C1CN(Cc2nnc3n2CCCC3)CCO1. The second-order valence-corrected chi connectivity index (χ2v) is 5.64. The third-order valence-corrected chi connectivity index (χ3v) is 4.07. The highest BCUT2D eigenvalue weighted by Gasteiger charge is 2.25. The van der Waals surface area contributed by atoms with Gasteiger partial charge in [0, 0.05) is 32.1 Å². The van der Waals surface area contributed by atoms with Gasteiger partial charge >= 0.3 is 0 Å². The van der Waals surface area contributed by atoms with Crippen LogP contribution in [0.2, 0.25) is 0 Å². The van der Waals surface area contributed by atoms with Crippen LogP contribution >= 0.6 is 0 Å². The molecule has 0 aromatic carbocycles. The van der Waals surface area contributed by atoms with Gasteiger partial charge in [-0.2, -0.15) is 0 Å². The van der Waals surface area contributed by atoms with Crippen LogP contribution in [0.15, 0.2) is 0 Å². The number of rotatable bonds is 3. The van der Waals surface area contributed by atoms with Crippen LogP contribution in [0.3, 0.4) is 0 Å². The van der Waals surface area contributed by atoms with E-state index >= 15 is 0 Å². The van der Waals surface area contributed by atoms with Crippen LogP contribution < -0.4 is 5.73 Å². The van der Waals surface area contributed by atoms with Crippen molar-refractivity contribution in [3.05, 3.63) is 11.6 Å². The van der Waals surface area contributed by atoms with Gasteiger partial charge in [-0.15, -0.1) is 10.2 Å². The number of nitrogens with two attached hydrogens (primary N) is 1. The molecule has 6 heteroatoms. The highest BCUT2D eigenvalue weighted by Crippen LogP contribution is 2.17. The molecule has 1 aromatic heterocycles. The number of ether oxygens (including phenoxy) is 1. The zero-order valence-electron chi connectivity index (χ0n) is 11.6. The van der Waals surface area contributed by atoms with Gasteiger partial charge in [-0.25, -0.2) is 0 Å². The van der Waals surface area contributed by atoms with Crippen LogP contribution in [0.1, 0.15) is 31.4 Å². The zero-order valence-corrected chi connectivity index (χ0v) is 11.6. The van der Waals surface area contributed by atoms with E-state index in [9.17, 15) is 0 Å². The summed E-state index contributed by atoms with van der Waals surface area (Å²) in [5.74, 6) is 2.25. The van der Waals surface area contributed by atoms with Gasteiger partial charge in [0.25, 0.3) is 0 Å². The molecule has 3 heterocycles. The summed E-state index contributed by atoms with van der Waals surface area (Å²) in [7, 11) is 0. The van der Waals surface area contributed by atoms with E-state index in [1.54, 1.807) is 0 Å². The van der Waals surface area contributed by atoms with Crippen LogP contribution in [-0.4, -0.2) is 51.5 Å². The molecular formula is C13H23N5O. The first-order chi connectivity index (χ1) is 9.24. The summed E-state index contributed by atoms with van der Waals surface area (Å²) in [4.78, 5) is 2.38. The number of hydrogen-bond donors (Lipinski definition) is 1. The van der Waals surface area contributed by atoms with Crippen LogP contribution in [0.25, 0.3) is 0 Å². The lowest BCUT2D eigenvalue weighted by atomic mass is 10.1. The maximum absolute atomic E-state index is 5.93. The number of aryl methyl sites for hydroxylation is 1. The normalized spacial score (nSPS) is 26.1. The number of hydrogen-bond acceptors (Lipinski definition) is 5. The monoisotopic (exact) mass is 265 g/mol. The summed E-state index contributed by atoms with van der Waals surface area (Å²) in [6.45, 7) is 6.53. The second-order valence-electron chi connectivity index (χ2n) is 5.64. The van der Waals surface area contributed by atoms with Crippen LogP contribution in [-0.2, 0) is 24.2 Å². The summed E-state index contributed by atoms with van der Waals surface area (Å²) in [5, 5.41) is 8.67. The average Bonchev–Trinajstić information content (AvgIpc) is 2.83. The molecule has 2 atom stereocenters. The molecule has 0 radical (unpaired) electrons. The summed E-state index contributed by atoms with van der Waals surface area (Å²) >= 11 is 0. The Bertz CT molecular complexity index is 431. The molecule has 0 aliphatic carbocycles. The molecule has 2 aliphatic rings. The second kappa shape index (κ2) is 5.56. The van der Waals surface area contributed by atoms with Crippen molar-refractivity contribution in [1.82, 2.24) is 19.7 Å². The van der Waals surface area contributed by atoms with Crippen molar-refractivity contribution in [3.63, 3.8) is 0 Å². The molecule has 19 heavy (non-hydrogen) atoms. The van der Waals surface area contributed by atoms with E-state index in [-0.39, 0.29) is 12.1 Å². The topological polar surface area (TPSA) is 69.2 Å².